The second-order valence-electron chi connectivity index (χ2n) is 6.52. The Morgan fingerprint density at radius 3 is 2.04 bits per heavy atom. The predicted octanol–water partition coefficient (Wildman–Crippen LogP) is 5.04. The Hall–Kier alpha value is -1.06. The van der Waals surface area contributed by atoms with Gasteiger partial charge in [-0.2, -0.15) is 0 Å². The molecule has 0 aromatic rings. The number of esters is 2. The van der Waals surface area contributed by atoms with Crippen molar-refractivity contribution < 1.29 is 19.1 Å². The van der Waals surface area contributed by atoms with Gasteiger partial charge in [0, 0.05) is 12.8 Å². The van der Waals surface area contributed by atoms with Gasteiger partial charge in [-0.15, -0.1) is 0 Å². The largest absolute Gasteiger partial charge is 0.466 e. The normalized spacial score (nSPS) is 12.2. The molecule has 0 bridgehead atoms. The molecule has 0 saturated carbocycles. The van der Waals surface area contributed by atoms with Crippen LogP contribution in [0.15, 0.2) is 0 Å². The van der Waals surface area contributed by atoms with Gasteiger partial charge in [0.05, 0.1) is 6.61 Å². The summed E-state index contributed by atoms with van der Waals surface area (Å²) >= 11 is 0. The number of hydrogen-bond donors (Lipinski definition) is 0. The second-order valence-corrected chi connectivity index (χ2v) is 6.52. The minimum Gasteiger partial charge on any atom is -0.466 e. The highest BCUT2D eigenvalue weighted by molar-refractivity contribution is 5.72. The molecule has 0 saturated heterocycles. The second kappa shape index (κ2) is 14.5. The Labute approximate surface area is 142 Å². The van der Waals surface area contributed by atoms with Gasteiger partial charge in [0.15, 0.2) is 0 Å². The van der Waals surface area contributed by atoms with Gasteiger partial charge in [0.25, 0.3) is 0 Å². The minimum atomic E-state index is -0.214. The van der Waals surface area contributed by atoms with E-state index in [-0.39, 0.29) is 24.5 Å². The van der Waals surface area contributed by atoms with Crippen molar-refractivity contribution in [1.82, 2.24) is 0 Å². The maximum absolute atomic E-state index is 11.7. The zero-order valence-corrected chi connectivity index (χ0v) is 15.6. The fraction of sp³-hybridized carbons (Fsp3) is 0.895. The minimum absolute atomic E-state index is 0.0258. The topological polar surface area (TPSA) is 52.6 Å². The number of carbonyl (C=O) groups is 2. The Balaban J connectivity index is 3.57. The van der Waals surface area contributed by atoms with Crippen LogP contribution in [-0.4, -0.2) is 24.6 Å². The lowest BCUT2D eigenvalue weighted by Crippen LogP contribution is -2.22. The van der Waals surface area contributed by atoms with Crippen molar-refractivity contribution in [3.05, 3.63) is 0 Å². The van der Waals surface area contributed by atoms with Crippen LogP contribution in [0, 0.1) is 5.92 Å². The molecule has 0 aliphatic carbocycles. The monoisotopic (exact) mass is 328 g/mol. The number of rotatable bonds is 14. The van der Waals surface area contributed by atoms with E-state index >= 15 is 0 Å². The molecule has 0 aromatic carbocycles. The van der Waals surface area contributed by atoms with Crippen LogP contribution in [0.1, 0.15) is 91.9 Å². The molecule has 0 rings (SSSR count). The summed E-state index contributed by atoms with van der Waals surface area (Å²) in [7, 11) is 0. The van der Waals surface area contributed by atoms with Gasteiger partial charge < -0.3 is 9.47 Å². The van der Waals surface area contributed by atoms with Gasteiger partial charge in [-0.25, -0.2) is 0 Å². The molecular weight excluding hydrogens is 292 g/mol. The summed E-state index contributed by atoms with van der Waals surface area (Å²) in [5.41, 5.74) is 0. The predicted molar refractivity (Wildman–Crippen MR) is 93.2 cm³/mol. The summed E-state index contributed by atoms with van der Waals surface area (Å²) in [5.74, 6) is -0.0947. The summed E-state index contributed by atoms with van der Waals surface area (Å²) in [5, 5.41) is 0. The fourth-order valence-electron chi connectivity index (χ4n) is 2.44. The van der Waals surface area contributed by atoms with Crippen LogP contribution in [0.4, 0.5) is 0 Å². The summed E-state index contributed by atoms with van der Waals surface area (Å²) in [6, 6.07) is 0. The number of unbranched alkanes of at least 4 members (excludes halogenated alkanes) is 5. The molecule has 1 unspecified atom stereocenters. The van der Waals surface area contributed by atoms with E-state index in [4.69, 9.17) is 9.47 Å². The molecule has 0 radical (unpaired) electrons. The molecule has 4 heteroatoms. The van der Waals surface area contributed by atoms with Crippen molar-refractivity contribution in [1.29, 1.82) is 0 Å². The molecule has 1 atom stereocenters. The molecule has 0 aromatic heterocycles. The van der Waals surface area contributed by atoms with E-state index in [1.807, 2.05) is 20.8 Å². The number of hydrogen-bond acceptors (Lipinski definition) is 4. The molecule has 0 N–H and O–H groups in total. The Bertz CT molecular complexity index is 312. The van der Waals surface area contributed by atoms with E-state index in [2.05, 4.69) is 6.92 Å². The third kappa shape index (κ3) is 13.1. The molecule has 0 aliphatic heterocycles. The first kappa shape index (κ1) is 21.9. The summed E-state index contributed by atoms with van der Waals surface area (Å²) in [6.45, 7) is 8.79. The smallest absolute Gasteiger partial charge is 0.306 e. The average Bonchev–Trinajstić information content (AvgIpc) is 2.51. The number of carbonyl (C=O) groups excluding carboxylic acids is 2. The van der Waals surface area contributed by atoms with E-state index in [1.54, 1.807) is 0 Å². The van der Waals surface area contributed by atoms with Gasteiger partial charge in [0.1, 0.15) is 6.10 Å². The Kier molecular flexibility index (Phi) is 13.9. The lowest BCUT2D eigenvalue weighted by Gasteiger charge is -2.19. The van der Waals surface area contributed by atoms with E-state index in [9.17, 15) is 9.59 Å². The molecule has 0 spiro atoms. The van der Waals surface area contributed by atoms with Gasteiger partial charge in [-0.1, -0.05) is 59.8 Å². The van der Waals surface area contributed by atoms with Crippen LogP contribution < -0.4 is 0 Å². The molecule has 23 heavy (non-hydrogen) atoms. The average molecular weight is 328 g/mol. The van der Waals surface area contributed by atoms with Crippen molar-refractivity contribution in [3.63, 3.8) is 0 Å². The van der Waals surface area contributed by atoms with E-state index in [0.717, 1.165) is 19.3 Å². The summed E-state index contributed by atoms with van der Waals surface area (Å²) in [6.07, 6.45) is 8.94. The van der Waals surface area contributed by atoms with Gasteiger partial charge >= 0.3 is 11.9 Å². The van der Waals surface area contributed by atoms with E-state index in [0.29, 0.717) is 25.4 Å². The first-order valence-corrected chi connectivity index (χ1v) is 9.36. The molecule has 0 aliphatic rings. The van der Waals surface area contributed by atoms with Gasteiger partial charge in [0.2, 0.25) is 0 Å². The number of ether oxygens (including phenoxy) is 2. The highest BCUT2D eigenvalue weighted by Gasteiger charge is 2.16. The first-order chi connectivity index (χ1) is 11.0. The van der Waals surface area contributed by atoms with E-state index < -0.39 is 0 Å². The maximum Gasteiger partial charge on any atom is 0.306 e. The van der Waals surface area contributed by atoms with Crippen molar-refractivity contribution >= 4 is 11.9 Å². The highest BCUT2D eigenvalue weighted by atomic mass is 16.5. The van der Waals surface area contributed by atoms with Crippen LogP contribution >= 0.6 is 0 Å². The quantitative estimate of drug-likeness (QED) is 0.331. The van der Waals surface area contributed by atoms with E-state index in [1.165, 1.54) is 25.7 Å². The van der Waals surface area contributed by atoms with Crippen molar-refractivity contribution in [2.24, 2.45) is 5.92 Å². The molecular formula is C19H36O4. The van der Waals surface area contributed by atoms with Crippen LogP contribution in [-0.2, 0) is 19.1 Å². The van der Waals surface area contributed by atoms with Crippen LogP contribution in [0.25, 0.3) is 0 Å². The Morgan fingerprint density at radius 1 is 0.826 bits per heavy atom. The third-order valence-electron chi connectivity index (χ3n) is 3.95. The zero-order chi connectivity index (χ0) is 17.5. The van der Waals surface area contributed by atoms with Crippen molar-refractivity contribution in [2.45, 2.75) is 98.0 Å². The van der Waals surface area contributed by atoms with Crippen LogP contribution in [0.3, 0.4) is 0 Å². The molecule has 0 amide bonds. The SMILES string of the molecule is CCCCCCCCOC(=O)CCCC(=O)OC(CC)C(C)C. The van der Waals surface area contributed by atoms with Crippen molar-refractivity contribution in [3.8, 4) is 0 Å². The first-order valence-electron chi connectivity index (χ1n) is 9.36. The standard InChI is InChI=1S/C19H36O4/c1-5-7-8-9-10-11-15-22-18(20)13-12-14-19(21)23-17(6-2)16(3)4/h16-17H,5-15H2,1-4H3. The zero-order valence-electron chi connectivity index (χ0n) is 15.6. The third-order valence-corrected chi connectivity index (χ3v) is 3.95. The summed E-state index contributed by atoms with van der Waals surface area (Å²) < 4.78 is 10.6. The lowest BCUT2D eigenvalue weighted by atomic mass is 10.1. The van der Waals surface area contributed by atoms with Gasteiger partial charge in [-0.3, -0.25) is 9.59 Å². The molecule has 4 nitrogen and oxygen atoms in total. The molecule has 0 heterocycles. The lowest BCUT2D eigenvalue weighted by molar-refractivity contribution is -0.151. The molecule has 136 valence electrons. The van der Waals surface area contributed by atoms with Gasteiger partial charge in [-0.05, 0) is 25.2 Å². The molecule has 0 fully saturated rings. The summed E-state index contributed by atoms with van der Waals surface area (Å²) in [4.78, 5) is 23.3. The van der Waals surface area contributed by atoms with Crippen LogP contribution in [0.5, 0.6) is 0 Å². The highest BCUT2D eigenvalue weighted by Crippen LogP contribution is 2.12. The van der Waals surface area contributed by atoms with Crippen LogP contribution in [0.2, 0.25) is 0 Å². The Morgan fingerprint density at radius 2 is 1.43 bits per heavy atom. The van der Waals surface area contributed by atoms with Crippen molar-refractivity contribution in [2.75, 3.05) is 6.61 Å². The fourth-order valence-corrected chi connectivity index (χ4v) is 2.44. The maximum atomic E-state index is 11.7.